The number of esters is 2. The number of unbranched alkanes of at least 4 members (excludes halogenated alkanes) is 2. The van der Waals surface area contributed by atoms with Gasteiger partial charge in [-0.3, -0.25) is 19.2 Å². The van der Waals surface area contributed by atoms with E-state index in [4.69, 9.17) is 10.2 Å². The molecule has 0 aromatic rings. The molecule has 0 fully saturated rings. The monoisotopic (exact) mass is 320 g/mol. The van der Waals surface area contributed by atoms with E-state index in [1.807, 2.05) is 0 Å². The maximum Gasteiger partial charge on any atom is 0.305 e. The molecular weight excluding hydrogens is 296 g/mol. The summed E-state index contributed by atoms with van der Waals surface area (Å²) in [4.78, 5) is 41.0. The molecule has 0 saturated heterocycles. The Bertz CT molecular complexity index is 317. The van der Waals surface area contributed by atoms with E-state index in [2.05, 4.69) is 9.47 Å². The van der Waals surface area contributed by atoms with Crippen molar-refractivity contribution < 1.29 is 38.9 Å². The van der Waals surface area contributed by atoms with Gasteiger partial charge in [0.15, 0.2) is 0 Å². The van der Waals surface area contributed by atoms with Gasteiger partial charge in [0.1, 0.15) is 0 Å². The molecule has 22 heavy (non-hydrogen) atoms. The first-order valence-electron chi connectivity index (χ1n) is 6.90. The van der Waals surface area contributed by atoms with Crippen molar-refractivity contribution in [3.63, 3.8) is 0 Å². The normalized spacial score (nSPS) is 9.18. The van der Waals surface area contributed by atoms with E-state index in [0.29, 0.717) is 38.5 Å². The number of carboxylic acids is 2. The summed E-state index contributed by atoms with van der Waals surface area (Å²) >= 11 is 0. The van der Waals surface area contributed by atoms with Crippen molar-refractivity contribution in [1.82, 2.24) is 0 Å². The zero-order valence-corrected chi connectivity index (χ0v) is 13.0. The zero-order chi connectivity index (χ0) is 17.4. The van der Waals surface area contributed by atoms with Crippen LogP contribution in [0.15, 0.2) is 0 Å². The van der Waals surface area contributed by atoms with Crippen LogP contribution in [0.1, 0.15) is 51.4 Å². The highest BCUT2D eigenvalue weighted by Gasteiger charge is 2.02. The maximum atomic E-state index is 10.6. The largest absolute Gasteiger partial charge is 0.481 e. The molecule has 0 aromatic carbocycles. The van der Waals surface area contributed by atoms with E-state index < -0.39 is 11.9 Å². The first kappa shape index (κ1) is 22.2. The fourth-order valence-corrected chi connectivity index (χ4v) is 1.30. The maximum absolute atomic E-state index is 10.6. The Morgan fingerprint density at radius 1 is 0.636 bits per heavy atom. The van der Waals surface area contributed by atoms with Crippen molar-refractivity contribution in [3.8, 4) is 0 Å². The Hall–Kier alpha value is -2.12. The number of carboxylic acid groups (broad SMARTS) is 2. The second-order valence-electron chi connectivity index (χ2n) is 4.35. The van der Waals surface area contributed by atoms with E-state index in [9.17, 15) is 19.2 Å². The Labute approximate surface area is 129 Å². The standard InChI is InChI=1S/C8H14O4.C6H10O4/c1-11-7(9)5-3-4-6-8(10)12-2;7-5(8)3-1-2-4-6(9)10/h3-6H2,1-2H3;1-4H2,(H,7,8)(H,9,10). The van der Waals surface area contributed by atoms with Gasteiger partial charge in [-0.25, -0.2) is 0 Å². The molecule has 0 amide bonds. The number of ether oxygens (including phenoxy) is 2. The highest BCUT2D eigenvalue weighted by Crippen LogP contribution is 2.01. The van der Waals surface area contributed by atoms with Gasteiger partial charge >= 0.3 is 23.9 Å². The molecule has 0 aliphatic rings. The predicted molar refractivity (Wildman–Crippen MR) is 76.2 cm³/mol. The van der Waals surface area contributed by atoms with Crippen molar-refractivity contribution in [2.75, 3.05) is 14.2 Å². The molecule has 0 atom stereocenters. The number of methoxy groups -OCH3 is 2. The lowest BCUT2D eigenvalue weighted by molar-refractivity contribution is -0.142. The smallest absolute Gasteiger partial charge is 0.305 e. The van der Waals surface area contributed by atoms with E-state index >= 15 is 0 Å². The molecule has 0 radical (unpaired) electrons. The van der Waals surface area contributed by atoms with Crippen LogP contribution in [-0.4, -0.2) is 48.3 Å². The molecule has 0 saturated carbocycles. The number of rotatable bonds is 10. The van der Waals surface area contributed by atoms with Crippen LogP contribution in [0.4, 0.5) is 0 Å². The highest BCUT2D eigenvalue weighted by molar-refractivity contribution is 5.70. The molecule has 0 aliphatic heterocycles. The minimum Gasteiger partial charge on any atom is -0.481 e. The number of hydrogen-bond acceptors (Lipinski definition) is 6. The molecule has 0 aromatic heterocycles. The summed E-state index contributed by atoms with van der Waals surface area (Å²) in [6.07, 6.45) is 3.09. The molecular formula is C14H24O8. The van der Waals surface area contributed by atoms with Crippen molar-refractivity contribution in [3.05, 3.63) is 0 Å². The van der Waals surface area contributed by atoms with Crippen LogP contribution in [0.5, 0.6) is 0 Å². The van der Waals surface area contributed by atoms with Gasteiger partial charge < -0.3 is 19.7 Å². The summed E-state index contributed by atoms with van der Waals surface area (Å²) in [6, 6.07) is 0. The first-order valence-corrected chi connectivity index (χ1v) is 6.90. The molecule has 0 bridgehead atoms. The molecule has 0 rings (SSSR count). The topological polar surface area (TPSA) is 127 Å². The average Bonchev–Trinajstić information content (AvgIpc) is 2.47. The van der Waals surface area contributed by atoms with Gasteiger partial charge in [-0.1, -0.05) is 0 Å². The number of aliphatic carboxylic acids is 2. The SMILES string of the molecule is COC(=O)CCCCC(=O)OC.O=C(O)CCCCC(=O)O. The fourth-order valence-electron chi connectivity index (χ4n) is 1.30. The quantitative estimate of drug-likeness (QED) is 0.459. The van der Waals surface area contributed by atoms with Gasteiger partial charge in [0.2, 0.25) is 0 Å². The van der Waals surface area contributed by atoms with Gasteiger partial charge in [0.05, 0.1) is 14.2 Å². The zero-order valence-electron chi connectivity index (χ0n) is 13.0. The third-order valence-corrected chi connectivity index (χ3v) is 2.50. The lowest BCUT2D eigenvalue weighted by atomic mass is 10.2. The Morgan fingerprint density at radius 2 is 0.909 bits per heavy atom. The van der Waals surface area contributed by atoms with Crippen molar-refractivity contribution in [2.24, 2.45) is 0 Å². The fraction of sp³-hybridized carbons (Fsp3) is 0.714. The van der Waals surface area contributed by atoms with Gasteiger partial charge in [0.25, 0.3) is 0 Å². The van der Waals surface area contributed by atoms with E-state index in [1.54, 1.807) is 0 Å². The number of carbonyl (C=O) groups is 4. The highest BCUT2D eigenvalue weighted by atomic mass is 16.5. The van der Waals surface area contributed by atoms with E-state index in [-0.39, 0.29) is 24.8 Å². The summed E-state index contributed by atoms with van der Waals surface area (Å²) in [5.74, 6) is -2.21. The minimum atomic E-state index is -0.870. The van der Waals surface area contributed by atoms with Crippen molar-refractivity contribution in [2.45, 2.75) is 51.4 Å². The average molecular weight is 320 g/mol. The molecule has 8 nitrogen and oxygen atoms in total. The van der Waals surface area contributed by atoms with Crippen LogP contribution >= 0.6 is 0 Å². The molecule has 2 N–H and O–H groups in total. The molecule has 128 valence electrons. The van der Waals surface area contributed by atoms with Crippen LogP contribution in [0.25, 0.3) is 0 Å². The van der Waals surface area contributed by atoms with Crippen LogP contribution in [0.3, 0.4) is 0 Å². The van der Waals surface area contributed by atoms with Crippen LogP contribution in [-0.2, 0) is 28.7 Å². The van der Waals surface area contributed by atoms with Crippen LogP contribution in [0.2, 0.25) is 0 Å². The minimum absolute atomic E-state index is 0.0628. The predicted octanol–water partition coefficient (Wildman–Crippen LogP) is 1.61. The van der Waals surface area contributed by atoms with Gasteiger partial charge in [-0.05, 0) is 25.7 Å². The molecule has 0 heterocycles. The molecule has 0 aliphatic carbocycles. The van der Waals surface area contributed by atoms with Crippen LogP contribution < -0.4 is 0 Å². The van der Waals surface area contributed by atoms with Crippen molar-refractivity contribution in [1.29, 1.82) is 0 Å². The van der Waals surface area contributed by atoms with Crippen molar-refractivity contribution >= 4 is 23.9 Å². The molecule has 0 unspecified atom stereocenters. The summed E-state index contributed by atoms with van der Waals surface area (Å²) in [5, 5.41) is 16.3. The second-order valence-corrected chi connectivity index (χ2v) is 4.35. The summed E-state index contributed by atoms with van der Waals surface area (Å²) in [5.41, 5.74) is 0. The lowest BCUT2D eigenvalue weighted by Gasteiger charge is -1.98. The molecule has 8 heteroatoms. The third kappa shape index (κ3) is 20.2. The van der Waals surface area contributed by atoms with Gasteiger partial charge in [-0.2, -0.15) is 0 Å². The Kier molecular flexibility index (Phi) is 15.4. The summed E-state index contributed by atoms with van der Waals surface area (Å²) in [7, 11) is 2.70. The summed E-state index contributed by atoms with van der Waals surface area (Å²) in [6.45, 7) is 0. The second kappa shape index (κ2) is 15.3. The first-order chi connectivity index (χ1) is 10.3. The van der Waals surface area contributed by atoms with Gasteiger partial charge in [0, 0.05) is 25.7 Å². The third-order valence-electron chi connectivity index (χ3n) is 2.50. The van der Waals surface area contributed by atoms with E-state index in [0.717, 1.165) is 0 Å². The van der Waals surface area contributed by atoms with E-state index in [1.165, 1.54) is 14.2 Å². The van der Waals surface area contributed by atoms with Gasteiger partial charge in [-0.15, -0.1) is 0 Å². The molecule has 0 spiro atoms. The van der Waals surface area contributed by atoms with Crippen LogP contribution in [0, 0.1) is 0 Å². The Balaban J connectivity index is 0. The summed E-state index contributed by atoms with van der Waals surface area (Å²) < 4.78 is 8.86. The number of hydrogen-bond donors (Lipinski definition) is 2. The lowest BCUT2D eigenvalue weighted by Crippen LogP contribution is -2.02. The number of carbonyl (C=O) groups excluding carboxylic acids is 2. The Morgan fingerprint density at radius 3 is 1.14 bits per heavy atom.